The number of hydrogen-bond acceptors (Lipinski definition) is 6. The Morgan fingerprint density at radius 1 is 1.44 bits per heavy atom. The first-order chi connectivity index (χ1) is 8.52. The standard InChI is InChI=1S/C11H17N3O3S/c1-3-4-5-14-10-6(11(16)17-2)7(12)8(18-10)9(13)15/h14H,3-5,12H2,1-2H3,(H2,13,15). The van der Waals surface area contributed by atoms with Crippen molar-refractivity contribution in [1.29, 1.82) is 0 Å². The molecule has 1 rings (SSSR count). The van der Waals surface area contributed by atoms with Crippen molar-refractivity contribution >= 4 is 33.9 Å². The number of methoxy groups -OCH3 is 1. The number of rotatable bonds is 6. The van der Waals surface area contributed by atoms with E-state index < -0.39 is 11.9 Å². The summed E-state index contributed by atoms with van der Waals surface area (Å²) < 4.78 is 4.65. The lowest BCUT2D eigenvalue weighted by Crippen LogP contribution is -2.13. The lowest BCUT2D eigenvalue weighted by atomic mass is 10.2. The molecule has 0 aromatic carbocycles. The molecular weight excluding hydrogens is 254 g/mol. The van der Waals surface area contributed by atoms with Crippen LogP contribution >= 0.6 is 11.3 Å². The Morgan fingerprint density at radius 2 is 2.11 bits per heavy atom. The third kappa shape index (κ3) is 2.92. The van der Waals surface area contributed by atoms with Crippen LogP contribution in [-0.4, -0.2) is 25.5 Å². The van der Waals surface area contributed by atoms with Crippen LogP contribution in [0.3, 0.4) is 0 Å². The topological polar surface area (TPSA) is 107 Å². The third-order valence-electron chi connectivity index (χ3n) is 2.37. The van der Waals surface area contributed by atoms with E-state index in [1.165, 1.54) is 7.11 Å². The molecule has 0 aliphatic heterocycles. The second-order valence-electron chi connectivity index (χ2n) is 3.69. The van der Waals surface area contributed by atoms with Crippen molar-refractivity contribution < 1.29 is 14.3 Å². The smallest absolute Gasteiger partial charge is 0.343 e. The normalized spacial score (nSPS) is 10.1. The Hall–Kier alpha value is -1.76. The summed E-state index contributed by atoms with van der Waals surface area (Å²) in [6.45, 7) is 2.75. The Labute approximate surface area is 109 Å². The van der Waals surface area contributed by atoms with Gasteiger partial charge in [0.25, 0.3) is 5.91 Å². The summed E-state index contributed by atoms with van der Waals surface area (Å²) >= 11 is 1.08. The van der Waals surface area contributed by atoms with Crippen LogP contribution in [0.25, 0.3) is 0 Å². The van der Waals surface area contributed by atoms with E-state index in [0.717, 1.165) is 24.2 Å². The number of unbranched alkanes of at least 4 members (excludes halogenated alkanes) is 1. The summed E-state index contributed by atoms with van der Waals surface area (Å²) in [6, 6.07) is 0. The number of ether oxygens (including phenoxy) is 1. The minimum absolute atomic E-state index is 0.0818. The maximum absolute atomic E-state index is 11.6. The van der Waals surface area contributed by atoms with Crippen molar-refractivity contribution in [1.82, 2.24) is 0 Å². The molecule has 5 N–H and O–H groups in total. The third-order valence-corrected chi connectivity index (χ3v) is 3.55. The van der Waals surface area contributed by atoms with E-state index in [0.29, 0.717) is 11.5 Å². The summed E-state index contributed by atoms with van der Waals surface area (Å²) in [5.41, 5.74) is 11.2. The van der Waals surface area contributed by atoms with Crippen LogP contribution in [0.5, 0.6) is 0 Å². The molecule has 0 radical (unpaired) electrons. The molecule has 0 atom stereocenters. The number of nitrogens with one attached hydrogen (secondary N) is 1. The van der Waals surface area contributed by atoms with Crippen LogP contribution in [0.1, 0.15) is 39.8 Å². The number of thiophene rings is 1. The highest BCUT2D eigenvalue weighted by Crippen LogP contribution is 2.35. The number of carbonyl (C=O) groups excluding carboxylic acids is 2. The largest absolute Gasteiger partial charge is 0.465 e. The second-order valence-corrected chi connectivity index (χ2v) is 4.71. The highest BCUT2D eigenvalue weighted by atomic mass is 32.1. The van der Waals surface area contributed by atoms with Crippen molar-refractivity contribution in [2.45, 2.75) is 19.8 Å². The molecule has 0 aliphatic rings. The van der Waals surface area contributed by atoms with Gasteiger partial charge in [-0.2, -0.15) is 0 Å². The predicted octanol–water partition coefficient (Wildman–Crippen LogP) is 1.43. The van der Waals surface area contributed by atoms with E-state index in [1.807, 2.05) is 0 Å². The number of esters is 1. The molecule has 100 valence electrons. The monoisotopic (exact) mass is 271 g/mol. The number of primary amides is 1. The first-order valence-corrected chi connectivity index (χ1v) is 6.38. The minimum atomic E-state index is -0.647. The number of nitrogens with two attached hydrogens (primary N) is 2. The van der Waals surface area contributed by atoms with Crippen LogP contribution in [-0.2, 0) is 4.74 Å². The number of carbonyl (C=O) groups is 2. The Kier molecular flexibility index (Phi) is 4.96. The molecule has 0 saturated carbocycles. The summed E-state index contributed by atoms with van der Waals surface area (Å²) in [5.74, 6) is -1.22. The van der Waals surface area contributed by atoms with Crippen LogP contribution in [0.4, 0.5) is 10.7 Å². The van der Waals surface area contributed by atoms with Crippen molar-refractivity contribution in [2.75, 3.05) is 24.7 Å². The van der Waals surface area contributed by atoms with Gasteiger partial charge < -0.3 is 21.5 Å². The summed E-state index contributed by atoms with van der Waals surface area (Å²) in [7, 11) is 1.26. The molecule has 0 spiro atoms. The predicted molar refractivity (Wildman–Crippen MR) is 72.0 cm³/mol. The first-order valence-electron chi connectivity index (χ1n) is 5.57. The van der Waals surface area contributed by atoms with Crippen LogP contribution < -0.4 is 16.8 Å². The molecule has 1 aromatic rings. The fourth-order valence-corrected chi connectivity index (χ4v) is 2.42. The van der Waals surface area contributed by atoms with Crippen LogP contribution in [0.2, 0.25) is 0 Å². The summed E-state index contributed by atoms with van der Waals surface area (Å²) in [4.78, 5) is 23.0. The number of amides is 1. The maximum Gasteiger partial charge on any atom is 0.343 e. The molecule has 18 heavy (non-hydrogen) atoms. The van der Waals surface area contributed by atoms with Crippen molar-refractivity contribution in [3.05, 3.63) is 10.4 Å². The molecule has 1 amide bonds. The average Bonchev–Trinajstić information content (AvgIpc) is 2.66. The first kappa shape index (κ1) is 14.3. The number of nitrogen functional groups attached to an aromatic ring is 1. The van der Waals surface area contributed by atoms with Gasteiger partial charge in [-0.05, 0) is 6.42 Å². The van der Waals surface area contributed by atoms with Gasteiger partial charge in [-0.25, -0.2) is 4.79 Å². The minimum Gasteiger partial charge on any atom is -0.465 e. The zero-order valence-corrected chi connectivity index (χ0v) is 11.2. The molecule has 1 heterocycles. The van der Waals surface area contributed by atoms with Gasteiger partial charge in [-0.15, -0.1) is 11.3 Å². The quantitative estimate of drug-likeness (QED) is 0.536. The van der Waals surface area contributed by atoms with Gasteiger partial charge in [-0.1, -0.05) is 13.3 Å². The van der Waals surface area contributed by atoms with Gasteiger partial charge in [0.2, 0.25) is 0 Å². The van der Waals surface area contributed by atoms with Gasteiger partial charge in [0.15, 0.2) is 0 Å². The average molecular weight is 271 g/mol. The molecule has 6 nitrogen and oxygen atoms in total. The highest BCUT2D eigenvalue weighted by molar-refractivity contribution is 7.19. The Morgan fingerprint density at radius 3 is 2.61 bits per heavy atom. The number of anilines is 2. The molecule has 0 unspecified atom stereocenters. The zero-order valence-electron chi connectivity index (χ0n) is 10.4. The van der Waals surface area contributed by atoms with Crippen molar-refractivity contribution in [2.24, 2.45) is 5.73 Å². The summed E-state index contributed by atoms with van der Waals surface area (Å²) in [5, 5.41) is 3.60. The van der Waals surface area contributed by atoms with E-state index in [9.17, 15) is 9.59 Å². The lowest BCUT2D eigenvalue weighted by Gasteiger charge is -2.05. The Bertz CT molecular complexity index is 457. The molecule has 1 aromatic heterocycles. The lowest BCUT2D eigenvalue weighted by molar-refractivity contribution is 0.0603. The Balaban J connectivity index is 3.09. The van der Waals surface area contributed by atoms with Gasteiger partial charge in [0.05, 0.1) is 12.8 Å². The van der Waals surface area contributed by atoms with E-state index in [1.54, 1.807) is 0 Å². The molecule has 0 bridgehead atoms. The molecule has 0 saturated heterocycles. The van der Waals surface area contributed by atoms with E-state index in [-0.39, 0.29) is 16.1 Å². The SMILES string of the molecule is CCCCNc1sc(C(N)=O)c(N)c1C(=O)OC. The second kappa shape index (κ2) is 6.25. The zero-order chi connectivity index (χ0) is 13.7. The summed E-state index contributed by atoms with van der Waals surface area (Å²) in [6.07, 6.45) is 1.97. The van der Waals surface area contributed by atoms with Crippen molar-refractivity contribution in [3.8, 4) is 0 Å². The van der Waals surface area contributed by atoms with E-state index in [4.69, 9.17) is 11.5 Å². The van der Waals surface area contributed by atoms with Crippen LogP contribution in [0, 0.1) is 0 Å². The van der Waals surface area contributed by atoms with Crippen molar-refractivity contribution in [3.63, 3.8) is 0 Å². The van der Waals surface area contributed by atoms with Gasteiger partial charge in [0, 0.05) is 6.54 Å². The van der Waals surface area contributed by atoms with Gasteiger partial charge in [-0.3, -0.25) is 4.79 Å². The molecular formula is C11H17N3O3S. The van der Waals surface area contributed by atoms with Gasteiger partial charge in [0.1, 0.15) is 15.4 Å². The molecule has 0 fully saturated rings. The maximum atomic E-state index is 11.6. The highest BCUT2D eigenvalue weighted by Gasteiger charge is 2.24. The van der Waals surface area contributed by atoms with E-state index >= 15 is 0 Å². The molecule has 7 heteroatoms. The fourth-order valence-electron chi connectivity index (χ4n) is 1.43. The van der Waals surface area contributed by atoms with E-state index in [2.05, 4.69) is 17.0 Å². The van der Waals surface area contributed by atoms with Gasteiger partial charge >= 0.3 is 5.97 Å². The number of hydrogen-bond donors (Lipinski definition) is 3. The van der Waals surface area contributed by atoms with Crippen LogP contribution in [0.15, 0.2) is 0 Å². The molecule has 0 aliphatic carbocycles. The fraction of sp³-hybridized carbons (Fsp3) is 0.455.